The molecule has 0 bridgehead atoms. The SMILES string of the molecule is O=C(O)c1nc2n(n1)-c1ccc(F)cc1C(c1ccccc1F)=NC2. The van der Waals surface area contributed by atoms with Crippen molar-refractivity contribution in [2.24, 2.45) is 4.99 Å². The molecule has 0 saturated carbocycles. The van der Waals surface area contributed by atoms with Crippen molar-refractivity contribution in [1.29, 1.82) is 0 Å². The zero-order valence-electron chi connectivity index (χ0n) is 12.6. The lowest BCUT2D eigenvalue weighted by molar-refractivity contribution is 0.0683. The highest BCUT2D eigenvalue weighted by atomic mass is 19.1. The summed E-state index contributed by atoms with van der Waals surface area (Å²) in [5, 5.41) is 13.0. The molecule has 3 aromatic rings. The molecule has 0 aliphatic carbocycles. The first kappa shape index (κ1) is 15.1. The Kier molecular flexibility index (Phi) is 3.38. The molecule has 1 aliphatic rings. The normalized spacial score (nSPS) is 12.8. The van der Waals surface area contributed by atoms with E-state index in [1.54, 1.807) is 18.2 Å². The van der Waals surface area contributed by atoms with Crippen LogP contribution < -0.4 is 0 Å². The number of carboxylic acids is 1. The average molecular weight is 340 g/mol. The van der Waals surface area contributed by atoms with E-state index in [-0.39, 0.29) is 29.5 Å². The van der Waals surface area contributed by atoms with Crippen LogP contribution in [0.5, 0.6) is 0 Å². The molecule has 0 saturated heterocycles. The van der Waals surface area contributed by atoms with Crippen LogP contribution in [0.25, 0.3) is 5.69 Å². The van der Waals surface area contributed by atoms with Gasteiger partial charge in [-0.1, -0.05) is 12.1 Å². The molecule has 4 rings (SSSR count). The molecular weight excluding hydrogens is 330 g/mol. The maximum atomic E-state index is 14.2. The molecule has 2 heterocycles. The Balaban J connectivity index is 1.98. The number of fused-ring (bicyclic) bond motifs is 3. The second-order valence-corrected chi connectivity index (χ2v) is 5.37. The van der Waals surface area contributed by atoms with Crippen molar-refractivity contribution < 1.29 is 18.7 Å². The minimum Gasteiger partial charge on any atom is -0.475 e. The van der Waals surface area contributed by atoms with Gasteiger partial charge in [0.25, 0.3) is 5.82 Å². The molecule has 0 fully saturated rings. The quantitative estimate of drug-likeness (QED) is 0.777. The number of hydrogen-bond donors (Lipinski definition) is 1. The number of aliphatic imine (C=N–C) groups is 1. The number of rotatable bonds is 2. The van der Waals surface area contributed by atoms with Crippen molar-refractivity contribution in [3.05, 3.63) is 76.9 Å². The van der Waals surface area contributed by atoms with Crippen molar-refractivity contribution in [1.82, 2.24) is 14.8 Å². The molecule has 8 heteroatoms. The number of halogens is 2. The summed E-state index contributed by atoms with van der Waals surface area (Å²) in [6, 6.07) is 9.93. The Morgan fingerprint density at radius 1 is 1.12 bits per heavy atom. The second-order valence-electron chi connectivity index (χ2n) is 5.37. The van der Waals surface area contributed by atoms with E-state index in [1.165, 1.54) is 28.9 Å². The Hall–Kier alpha value is -3.42. The molecule has 0 amide bonds. The van der Waals surface area contributed by atoms with Gasteiger partial charge in [-0.3, -0.25) is 4.99 Å². The van der Waals surface area contributed by atoms with E-state index >= 15 is 0 Å². The number of benzene rings is 2. The third-order valence-electron chi connectivity index (χ3n) is 3.81. The Labute approximate surface area is 140 Å². The number of aromatic carboxylic acids is 1. The van der Waals surface area contributed by atoms with Crippen LogP contribution in [0.15, 0.2) is 47.5 Å². The molecule has 0 spiro atoms. The molecule has 1 N–H and O–H groups in total. The topological polar surface area (TPSA) is 80.4 Å². The monoisotopic (exact) mass is 340 g/mol. The predicted molar refractivity (Wildman–Crippen MR) is 84.0 cm³/mol. The number of carboxylic acid groups (broad SMARTS) is 1. The molecule has 1 aliphatic heterocycles. The number of nitrogens with zero attached hydrogens (tertiary/aromatic N) is 4. The summed E-state index contributed by atoms with van der Waals surface area (Å²) in [6.45, 7) is -0.0136. The maximum Gasteiger partial charge on any atom is 0.375 e. The van der Waals surface area contributed by atoms with Gasteiger partial charge in [0.1, 0.15) is 11.6 Å². The highest BCUT2D eigenvalue weighted by molar-refractivity contribution is 6.15. The molecule has 0 atom stereocenters. The van der Waals surface area contributed by atoms with Crippen LogP contribution in [0.2, 0.25) is 0 Å². The summed E-state index contributed by atoms with van der Waals surface area (Å²) in [5.74, 6) is -2.39. The van der Waals surface area contributed by atoms with Gasteiger partial charge in [0.2, 0.25) is 0 Å². The summed E-state index contributed by atoms with van der Waals surface area (Å²) >= 11 is 0. The molecule has 6 nitrogen and oxygen atoms in total. The van der Waals surface area contributed by atoms with Gasteiger partial charge in [-0.25, -0.2) is 23.2 Å². The van der Waals surface area contributed by atoms with Crippen LogP contribution >= 0.6 is 0 Å². The van der Waals surface area contributed by atoms with Crippen molar-refractivity contribution in [3.8, 4) is 5.69 Å². The molecule has 0 radical (unpaired) electrons. The van der Waals surface area contributed by atoms with Crippen molar-refractivity contribution in [2.45, 2.75) is 6.54 Å². The highest BCUT2D eigenvalue weighted by Crippen LogP contribution is 2.26. The summed E-state index contributed by atoms with van der Waals surface area (Å²) in [6.07, 6.45) is 0. The third-order valence-corrected chi connectivity index (χ3v) is 3.81. The molecule has 1 aromatic heterocycles. The lowest BCUT2D eigenvalue weighted by Gasteiger charge is -2.11. The van der Waals surface area contributed by atoms with Gasteiger partial charge in [-0.15, -0.1) is 5.10 Å². The van der Waals surface area contributed by atoms with Gasteiger partial charge in [0.05, 0.1) is 17.9 Å². The van der Waals surface area contributed by atoms with E-state index in [0.717, 1.165) is 0 Å². The van der Waals surface area contributed by atoms with Crippen LogP contribution in [0, 0.1) is 11.6 Å². The van der Waals surface area contributed by atoms with Crippen molar-refractivity contribution in [2.75, 3.05) is 0 Å². The van der Waals surface area contributed by atoms with Gasteiger partial charge in [0, 0.05) is 11.1 Å². The van der Waals surface area contributed by atoms with Crippen molar-refractivity contribution >= 4 is 11.7 Å². The van der Waals surface area contributed by atoms with Gasteiger partial charge < -0.3 is 5.11 Å². The Morgan fingerprint density at radius 2 is 1.92 bits per heavy atom. The van der Waals surface area contributed by atoms with E-state index in [4.69, 9.17) is 5.11 Å². The second kappa shape index (κ2) is 5.59. The van der Waals surface area contributed by atoms with Crippen LogP contribution in [-0.4, -0.2) is 31.6 Å². The first-order valence-corrected chi connectivity index (χ1v) is 7.33. The standard InChI is InChI=1S/C17H10F2N4O2/c18-9-5-6-13-11(7-9)15(10-3-1-2-4-12(10)19)20-8-14-21-16(17(24)25)22-23(13)14/h1-7H,8H2,(H,24,25). The summed E-state index contributed by atoms with van der Waals surface area (Å²) in [7, 11) is 0. The minimum atomic E-state index is -1.28. The first-order chi connectivity index (χ1) is 12.0. The first-order valence-electron chi connectivity index (χ1n) is 7.33. The fourth-order valence-corrected chi connectivity index (χ4v) is 2.73. The predicted octanol–water partition coefficient (Wildman–Crippen LogP) is 2.59. The van der Waals surface area contributed by atoms with E-state index < -0.39 is 17.6 Å². The van der Waals surface area contributed by atoms with Gasteiger partial charge >= 0.3 is 5.97 Å². The smallest absolute Gasteiger partial charge is 0.375 e. The summed E-state index contributed by atoms with van der Waals surface area (Å²) in [4.78, 5) is 19.4. The van der Waals surface area contributed by atoms with Gasteiger partial charge in [-0.2, -0.15) is 0 Å². The zero-order valence-corrected chi connectivity index (χ0v) is 12.6. The zero-order chi connectivity index (χ0) is 17.6. The lowest BCUT2D eigenvalue weighted by Crippen LogP contribution is -2.11. The molecule has 25 heavy (non-hydrogen) atoms. The maximum absolute atomic E-state index is 14.2. The van der Waals surface area contributed by atoms with Crippen LogP contribution in [0.3, 0.4) is 0 Å². The van der Waals surface area contributed by atoms with Crippen molar-refractivity contribution in [3.63, 3.8) is 0 Å². The summed E-state index contributed by atoms with van der Waals surface area (Å²) < 4.78 is 29.4. The van der Waals surface area contributed by atoms with E-state index in [2.05, 4.69) is 15.1 Å². The van der Waals surface area contributed by atoms with Crippen LogP contribution in [0.4, 0.5) is 8.78 Å². The van der Waals surface area contributed by atoms with Gasteiger partial charge in [-0.05, 0) is 30.3 Å². The van der Waals surface area contributed by atoms with Gasteiger partial charge in [0.15, 0.2) is 5.82 Å². The number of hydrogen-bond acceptors (Lipinski definition) is 4. The minimum absolute atomic E-state index is 0.0136. The highest BCUT2D eigenvalue weighted by Gasteiger charge is 2.25. The number of carbonyl (C=O) groups is 1. The summed E-state index contributed by atoms with van der Waals surface area (Å²) in [5.41, 5.74) is 1.18. The number of aromatic nitrogens is 3. The molecular formula is C17H10F2N4O2. The lowest BCUT2D eigenvalue weighted by atomic mass is 10.00. The van der Waals surface area contributed by atoms with E-state index in [9.17, 15) is 13.6 Å². The van der Waals surface area contributed by atoms with E-state index in [0.29, 0.717) is 11.3 Å². The fraction of sp³-hybridized carbons (Fsp3) is 0.0588. The molecule has 2 aromatic carbocycles. The molecule has 0 unspecified atom stereocenters. The molecule has 124 valence electrons. The Bertz CT molecular complexity index is 1040. The van der Waals surface area contributed by atoms with E-state index in [1.807, 2.05) is 0 Å². The fourth-order valence-electron chi connectivity index (χ4n) is 2.73. The average Bonchev–Trinajstić information content (AvgIpc) is 2.95. The van der Waals surface area contributed by atoms with Crippen LogP contribution in [-0.2, 0) is 6.54 Å². The third kappa shape index (κ3) is 2.47. The van der Waals surface area contributed by atoms with Crippen LogP contribution in [0.1, 0.15) is 27.6 Å². The largest absolute Gasteiger partial charge is 0.475 e. The Morgan fingerprint density at radius 3 is 2.68 bits per heavy atom.